The maximum Gasteiger partial charge on any atom is 0.410 e. The van der Waals surface area contributed by atoms with E-state index in [1.54, 1.807) is 29.2 Å². The van der Waals surface area contributed by atoms with Crippen molar-refractivity contribution in [1.82, 2.24) is 20.1 Å². The van der Waals surface area contributed by atoms with E-state index in [1.807, 2.05) is 20.8 Å². The number of pyridine rings is 1. The number of amides is 4. The van der Waals surface area contributed by atoms with Crippen LogP contribution in [-0.4, -0.2) is 94.6 Å². The summed E-state index contributed by atoms with van der Waals surface area (Å²) in [6, 6.07) is 6.88. The van der Waals surface area contributed by atoms with Crippen LogP contribution in [0.3, 0.4) is 0 Å². The average Bonchev–Trinajstić information content (AvgIpc) is 3.33. The van der Waals surface area contributed by atoms with Crippen LogP contribution in [0.25, 0.3) is 10.9 Å². The van der Waals surface area contributed by atoms with Gasteiger partial charge in [-0.2, -0.15) is 5.26 Å². The van der Waals surface area contributed by atoms with Gasteiger partial charge in [0.15, 0.2) is 0 Å². The van der Waals surface area contributed by atoms with Gasteiger partial charge in [0.2, 0.25) is 11.8 Å². The quantitative estimate of drug-likeness (QED) is 0.500. The van der Waals surface area contributed by atoms with Crippen LogP contribution >= 0.6 is 0 Å². The second-order valence-electron chi connectivity index (χ2n) is 13.2. The zero-order valence-corrected chi connectivity index (χ0v) is 26.1. The fourth-order valence-electron chi connectivity index (χ4n) is 6.25. The summed E-state index contributed by atoms with van der Waals surface area (Å²) in [4.78, 5) is 58.3. The SMILES string of the molecule is CC(C)(C)OC(=O)N1CCOC2(CCC(C(=O)Nc3ccc4nccc(C(=O)NCC(=O)N5CC(F)(F)C[C@H]5C#N)c4c3)CC2)C1. The van der Waals surface area contributed by atoms with E-state index in [4.69, 9.17) is 14.7 Å². The van der Waals surface area contributed by atoms with Gasteiger partial charge in [-0.15, -0.1) is 0 Å². The van der Waals surface area contributed by atoms with Crippen molar-refractivity contribution < 1.29 is 37.4 Å². The van der Waals surface area contributed by atoms with Gasteiger partial charge in [-0.3, -0.25) is 19.4 Å². The number of hydrogen-bond donors (Lipinski definition) is 2. The third-order valence-electron chi connectivity index (χ3n) is 8.56. The molecule has 1 atom stereocenters. The predicted molar refractivity (Wildman–Crippen MR) is 162 cm³/mol. The maximum absolute atomic E-state index is 13.8. The molecule has 2 aromatic rings. The number of anilines is 1. The number of alkyl halides is 2. The summed E-state index contributed by atoms with van der Waals surface area (Å²) in [7, 11) is 0. The van der Waals surface area contributed by atoms with Crippen molar-refractivity contribution in [2.75, 3.05) is 38.1 Å². The van der Waals surface area contributed by atoms with Gasteiger partial charge in [0.05, 0.1) is 49.0 Å². The molecule has 2 saturated heterocycles. The zero-order chi connectivity index (χ0) is 33.3. The van der Waals surface area contributed by atoms with E-state index in [0.29, 0.717) is 62.0 Å². The molecular weight excluding hydrogens is 602 g/mol. The van der Waals surface area contributed by atoms with Crippen molar-refractivity contribution in [3.8, 4) is 6.07 Å². The van der Waals surface area contributed by atoms with Crippen LogP contribution in [0.1, 0.15) is 63.2 Å². The number of likely N-dealkylation sites (tertiary alicyclic amines) is 1. The number of nitrogens with one attached hydrogen (secondary N) is 2. The standard InChI is InChI=1S/C32H38F2N6O6/c1-30(2,3)46-29(44)39-12-13-45-31(18-39)9-6-20(7-10-31)27(42)38-21-4-5-25-24(14-21)23(8-11-36-25)28(43)37-17-26(41)40-19-32(33,34)15-22(40)16-35/h4-5,8,11,14,20,22H,6-7,9-10,12-13,15,17-19H2,1-3H3,(H,37,43)(H,38,42)/t20?,22-,31?/m0/s1. The Morgan fingerprint density at radius 3 is 2.59 bits per heavy atom. The molecule has 0 radical (unpaired) electrons. The van der Waals surface area contributed by atoms with Crippen LogP contribution in [0.15, 0.2) is 30.5 Å². The highest BCUT2D eigenvalue weighted by atomic mass is 19.3. The van der Waals surface area contributed by atoms with Crippen molar-refractivity contribution in [2.24, 2.45) is 5.92 Å². The fourth-order valence-corrected chi connectivity index (χ4v) is 6.25. The Bertz CT molecular complexity index is 1560. The molecule has 12 nitrogen and oxygen atoms in total. The highest BCUT2D eigenvalue weighted by Crippen LogP contribution is 2.38. The molecule has 14 heteroatoms. The van der Waals surface area contributed by atoms with Gasteiger partial charge in [-0.25, -0.2) is 13.6 Å². The molecule has 0 bridgehead atoms. The van der Waals surface area contributed by atoms with Gasteiger partial charge in [0, 0.05) is 36.2 Å². The Morgan fingerprint density at radius 1 is 1.15 bits per heavy atom. The summed E-state index contributed by atoms with van der Waals surface area (Å²) in [6.07, 6.45) is 2.68. The maximum atomic E-state index is 13.8. The normalized spacial score (nSPS) is 24.3. The number of nitrogens with zero attached hydrogens (tertiary/aromatic N) is 4. The van der Waals surface area contributed by atoms with Gasteiger partial charge in [0.1, 0.15) is 11.6 Å². The summed E-state index contributed by atoms with van der Waals surface area (Å²) in [6.45, 7) is 5.30. The van der Waals surface area contributed by atoms with Crippen LogP contribution in [0.4, 0.5) is 19.3 Å². The Kier molecular flexibility index (Phi) is 9.17. The molecule has 3 fully saturated rings. The predicted octanol–water partition coefficient (Wildman–Crippen LogP) is 3.86. The minimum Gasteiger partial charge on any atom is -0.444 e. The van der Waals surface area contributed by atoms with Gasteiger partial charge < -0.3 is 29.9 Å². The fraction of sp³-hybridized carbons (Fsp3) is 0.562. The molecule has 3 aliphatic rings. The topological polar surface area (TPSA) is 154 Å². The van der Waals surface area contributed by atoms with Gasteiger partial charge in [0.25, 0.3) is 11.8 Å². The largest absolute Gasteiger partial charge is 0.444 e. The molecule has 1 spiro atoms. The third-order valence-corrected chi connectivity index (χ3v) is 8.56. The molecule has 1 saturated carbocycles. The summed E-state index contributed by atoms with van der Waals surface area (Å²) in [5, 5.41) is 15.0. The van der Waals surface area contributed by atoms with Crippen molar-refractivity contribution in [3.05, 3.63) is 36.0 Å². The first-order valence-corrected chi connectivity index (χ1v) is 15.3. The zero-order valence-electron chi connectivity index (χ0n) is 26.1. The van der Waals surface area contributed by atoms with Crippen LogP contribution in [0, 0.1) is 17.2 Å². The number of ether oxygens (including phenoxy) is 2. The molecule has 46 heavy (non-hydrogen) atoms. The van der Waals surface area contributed by atoms with E-state index in [2.05, 4.69) is 15.6 Å². The average molecular weight is 641 g/mol. The van der Waals surface area contributed by atoms with Crippen LogP contribution in [0.5, 0.6) is 0 Å². The van der Waals surface area contributed by atoms with Crippen molar-refractivity contribution in [1.29, 1.82) is 5.26 Å². The summed E-state index contributed by atoms with van der Waals surface area (Å²) in [5.41, 5.74) is -0.00272. The third kappa shape index (κ3) is 7.52. The Hall–Kier alpha value is -4.38. The molecule has 4 amide bonds. The number of fused-ring (bicyclic) bond motifs is 1. The molecule has 0 unspecified atom stereocenters. The molecule has 1 aliphatic carbocycles. The number of carbonyl (C=O) groups is 4. The van der Waals surface area contributed by atoms with E-state index in [0.717, 1.165) is 4.90 Å². The highest BCUT2D eigenvalue weighted by Gasteiger charge is 2.47. The summed E-state index contributed by atoms with van der Waals surface area (Å²) in [5.74, 6) is -5.03. The monoisotopic (exact) mass is 640 g/mol. The number of hydrogen-bond acceptors (Lipinski definition) is 8. The lowest BCUT2D eigenvalue weighted by molar-refractivity contribution is -0.138. The van der Waals surface area contributed by atoms with Crippen LogP contribution in [0.2, 0.25) is 0 Å². The Balaban J connectivity index is 1.19. The Labute approximate surface area is 265 Å². The Morgan fingerprint density at radius 2 is 1.89 bits per heavy atom. The number of nitriles is 1. The molecule has 3 heterocycles. The number of rotatable bonds is 5. The van der Waals surface area contributed by atoms with Crippen molar-refractivity contribution >= 4 is 40.4 Å². The van der Waals surface area contributed by atoms with Crippen LogP contribution in [-0.2, 0) is 19.1 Å². The molecule has 246 valence electrons. The first-order chi connectivity index (χ1) is 21.7. The van der Waals surface area contributed by atoms with Crippen molar-refractivity contribution in [2.45, 2.75) is 76.0 Å². The lowest BCUT2D eigenvalue weighted by atomic mass is 9.77. The molecule has 2 aliphatic heterocycles. The number of halogens is 2. The van der Waals surface area contributed by atoms with Crippen molar-refractivity contribution in [3.63, 3.8) is 0 Å². The summed E-state index contributed by atoms with van der Waals surface area (Å²) >= 11 is 0. The van der Waals surface area contributed by atoms with Gasteiger partial charge in [-0.05, 0) is 70.7 Å². The molecule has 5 rings (SSSR count). The number of carbonyl (C=O) groups excluding carboxylic acids is 4. The van der Waals surface area contributed by atoms with E-state index >= 15 is 0 Å². The minimum atomic E-state index is -3.16. The van der Waals surface area contributed by atoms with Crippen LogP contribution < -0.4 is 10.6 Å². The lowest BCUT2D eigenvalue weighted by Crippen LogP contribution is -2.56. The molecule has 2 N–H and O–H groups in total. The first-order valence-electron chi connectivity index (χ1n) is 15.3. The van der Waals surface area contributed by atoms with E-state index < -0.39 is 54.5 Å². The smallest absolute Gasteiger partial charge is 0.410 e. The second kappa shape index (κ2) is 12.8. The second-order valence-corrected chi connectivity index (χ2v) is 13.2. The van der Waals surface area contributed by atoms with E-state index in [-0.39, 0.29) is 23.5 Å². The first kappa shape index (κ1) is 33.0. The minimum absolute atomic E-state index is 0.177. The summed E-state index contributed by atoms with van der Waals surface area (Å²) < 4.78 is 39.2. The van der Waals surface area contributed by atoms with E-state index in [1.165, 1.54) is 12.3 Å². The van der Waals surface area contributed by atoms with E-state index in [9.17, 15) is 28.0 Å². The number of morpholine rings is 1. The molecule has 1 aromatic carbocycles. The van der Waals surface area contributed by atoms with Gasteiger partial charge >= 0.3 is 6.09 Å². The highest BCUT2D eigenvalue weighted by molar-refractivity contribution is 6.08. The number of benzene rings is 1. The number of aromatic nitrogens is 1. The molecular formula is C32H38F2N6O6. The molecule has 1 aromatic heterocycles. The lowest BCUT2D eigenvalue weighted by Gasteiger charge is -2.46. The van der Waals surface area contributed by atoms with Gasteiger partial charge in [-0.1, -0.05) is 0 Å².